The average Bonchev–Trinajstić information content (AvgIpc) is 3.17. The second kappa shape index (κ2) is 6.82. The maximum atomic E-state index is 13.1. The van der Waals surface area contributed by atoms with E-state index in [1.54, 1.807) is 0 Å². The third-order valence-corrected chi connectivity index (χ3v) is 7.72. The lowest BCUT2D eigenvalue weighted by molar-refractivity contribution is -0.123. The fraction of sp³-hybridized carbons (Fsp3) is 0.562. The van der Waals surface area contributed by atoms with Crippen LogP contribution in [0.1, 0.15) is 25.5 Å². The zero-order valence-corrected chi connectivity index (χ0v) is 16.0. The standard InChI is InChI=1S/C16H20N4O4S2/c1-2-13-12-5-11(7-18-16(12)24-19-13)26(22,23)20-9-25-8-14(20)15(21)17-6-10-3-4-10/h5,7,10,14H,2-4,6,8-9H2,1H3,(H,17,21)/t14-/m1/s1. The molecule has 1 saturated carbocycles. The van der Waals surface area contributed by atoms with Crippen LogP contribution < -0.4 is 5.32 Å². The molecule has 2 aliphatic rings. The highest BCUT2D eigenvalue weighted by Crippen LogP contribution is 2.31. The molecule has 1 amide bonds. The van der Waals surface area contributed by atoms with E-state index in [0.717, 1.165) is 12.8 Å². The minimum Gasteiger partial charge on any atom is -0.354 e. The lowest BCUT2D eigenvalue weighted by Crippen LogP contribution is -2.47. The Hall–Kier alpha value is -1.65. The van der Waals surface area contributed by atoms with Gasteiger partial charge >= 0.3 is 0 Å². The highest BCUT2D eigenvalue weighted by atomic mass is 32.2. The summed E-state index contributed by atoms with van der Waals surface area (Å²) in [5.41, 5.74) is 0.981. The van der Waals surface area contributed by atoms with Crippen molar-refractivity contribution >= 4 is 38.8 Å². The van der Waals surface area contributed by atoms with Gasteiger partial charge in [-0.15, -0.1) is 11.8 Å². The first-order valence-electron chi connectivity index (χ1n) is 8.62. The number of sulfonamides is 1. The van der Waals surface area contributed by atoms with Gasteiger partial charge in [-0.2, -0.15) is 4.31 Å². The number of nitrogens with zero attached hydrogens (tertiary/aromatic N) is 3. The van der Waals surface area contributed by atoms with Crippen LogP contribution in [0.15, 0.2) is 21.7 Å². The molecule has 10 heteroatoms. The van der Waals surface area contributed by atoms with Crippen molar-refractivity contribution in [1.29, 1.82) is 0 Å². The number of pyridine rings is 1. The maximum Gasteiger partial charge on any atom is 0.258 e. The predicted octanol–water partition coefficient (Wildman–Crippen LogP) is 1.37. The molecule has 0 bridgehead atoms. The number of carbonyl (C=O) groups excluding carboxylic acids is 1. The van der Waals surface area contributed by atoms with Crippen molar-refractivity contribution < 1.29 is 17.7 Å². The molecule has 1 aliphatic carbocycles. The Morgan fingerprint density at radius 1 is 1.46 bits per heavy atom. The Morgan fingerprint density at radius 3 is 3.00 bits per heavy atom. The van der Waals surface area contributed by atoms with Gasteiger partial charge in [-0.3, -0.25) is 4.79 Å². The second-order valence-corrected chi connectivity index (χ2v) is 9.49. The van der Waals surface area contributed by atoms with Gasteiger partial charge in [0.15, 0.2) is 0 Å². The summed E-state index contributed by atoms with van der Waals surface area (Å²) in [6, 6.07) is 0.849. The lowest BCUT2D eigenvalue weighted by Gasteiger charge is -2.22. The number of aromatic nitrogens is 2. The Bertz CT molecular complexity index is 939. The molecule has 2 fully saturated rings. The van der Waals surface area contributed by atoms with E-state index in [1.165, 1.54) is 28.3 Å². The van der Waals surface area contributed by atoms with Gasteiger partial charge < -0.3 is 9.84 Å². The van der Waals surface area contributed by atoms with Crippen LogP contribution in [-0.2, 0) is 21.2 Å². The number of nitrogens with one attached hydrogen (secondary N) is 1. The van der Waals surface area contributed by atoms with Crippen LogP contribution in [0.25, 0.3) is 11.1 Å². The molecule has 1 saturated heterocycles. The SMILES string of the molecule is CCc1noc2ncc(S(=O)(=O)N3CSC[C@@H]3C(=O)NCC3CC3)cc12. The molecule has 2 aromatic rings. The first kappa shape index (κ1) is 17.7. The third kappa shape index (κ3) is 3.21. The number of carbonyl (C=O) groups is 1. The second-order valence-electron chi connectivity index (χ2n) is 6.60. The molecule has 140 valence electrons. The summed E-state index contributed by atoms with van der Waals surface area (Å²) in [5, 5.41) is 7.39. The minimum absolute atomic E-state index is 0.0605. The van der Waals surface area contributed by atoms with E-state index in [0.29, 0.717) is 41.4 Å². The summed E-state index contributed by atoms with van der Waals surface area (Å²) in [6.07, 6.45) is 4.15. The van der Waals surface area contributed by atoms with E-state index in [-0.39, 0.29) is 16.7 Å². The highest BCUT2D eigenvalue weighted by Gasteiger charge is 2.40. The maximum absolute atomic E-state index is 13.1. The van der Waals surface area contributed by atoms with Gasteiger partial charge in [-0.25, -0.2) is 13.4 Å². The van der Waals surface area contributed by atoms with E-state index in [2.05, 4.69) is 15.5 Å². The van der Waals surface area contributed by atoms with Gasteiger partial charge in [0.25, 0.3) is 5.71 Å². The van der Waals surface area contributed by atoms with Crippen molar-refractivity contribution in [1.82, 2.24) is 19.8 Å². The minimum atomic E-state index is -3.83. The van der Waals surface area contributed by atoms with Gasteiger partial charge in [-0.1, -0.05) is 12.1 Å². The molecular weight excluding hydrogens is 376 g/mol. The first-order chi connectivity index (χ1) is 12.5. The molecule has 0 unspecified atom stereocenters. The fourth-order valence-corrected chi connectivity index (χ4v) is 6.07. The fourth-order valence-electron chi connectivity index (χ4n) is 2.95. The zero-order valence-electron chi connectivity index (χ0n) is 14.3. The normalized spacial score (nSPS) is 21.3. The smallest absolute Gasteiger partial charge is 0.258 e. The molecule has 0 spiro atoms. The molecule has 1 N–H and O–H groups in total. The van der Waals surface area contributed by atoms with E-state index < -0.39 is 16.1 Å². The summed E-state index contributed by atoms with van der Waals surface area (Å²) in [4.78, 5) is 16.6. The molecule has 3 heterocycles. The van der Waals surface area contributed by atoms with Crippen LogP contribution in [0, 0.1) is 5.92 Å². The van der Waals surface area contributed by atoms with Crippen LogP contribution in [0.4, 0.5) is 0 Å². The lowest BCUT2D eigenvalue weighted by atomic mass is 10.2. The molecule has 26 heavy (non-hydrogen) atoms. The molecule has 1 atom stereocenters. The average molecular weight is 396 g/mol. The van der Waals surface area contributed by atoms with Crippen LogP contribution in [0.3, 0.4) is 0 Å². The number of thioether (sulfide) groups is 1. The number of fused-ring (bicyclic) bond motifs is 1. The Morgan fingerprint density at radius 2 is 2.27 bits per heavy atom. The van der Waals surface area contributed by atoms with Crippen molar-refractivity contribution in [3.05, 3.63) is 18.0 Å². The van der Waals surface area contributed by atoms with E-state index in [1.807, 2.05) is 6.92 Å². The van der Waals surface area contributed by atoms with Crippen LogP contribution >= 0.6 is 11.8 Å². The molecule has 0 radical (unpaired) electrons. The van der Waals surface area contributed by atoms with Crippen LogP contribution in [0.2, 0.25) is 0 Å². The first-order valence-corrected chi connectivity index (χ1v) is 11.2. The Balaban J connectivity index is 1.61. The number of rotatable bonds is 6. The summed E-state index contributed by atoms with van der Waals surface area (Å²) in [7, 11) is -3.83. The number of amides is 1. The van der Waals surface area contributed by atoms with Gasteiger partial charge in [0, 0.05) is 12.3 Å². The quantitative estimate of drug-likeness (QED) is 0.786. The van der Waals surface area contributed by atoms with Crippen molar-refractivity contribution in [2.45, 2.75) is 37.1 Å². The van der Waals surface area contributed by atoms with Crippen LogP contribution in [-0.4, -0.2) is 53.0 Å². The van der Waals surface area contributed by atoms with Crippen LogP contribution in [0.5, 0.6) is 0 Å². The van der Waals surface area contributed by atoms with E-state index >= 15 is 0 Å². The summed E-state index contributed by atoms with van der Waals surface area (Å²) in [6.45, 7) is 2.54. The molecular formula is C16H20N4O4S2. The van der Waals surface area contributed by atoms with Crippen molar-refractivity contribution in [2.75, 3.05) is 18.2 Å². The molecule has 4 rings (SSSR count). The van der Waals surface area contributed by atoms with Gasteiger partial charge in [0.2, 0.25) is 15.9 Å². The van der Waals surface area contributed by atoms with E-state index in [9.17, 15) is 13.2 Å². The predicted molar refractivity (Wildman–Crippen MR) is 97.1 cm³/mol. The van der Waals surface area contributed by atoms with Crippen molar-refractivity contribution in [3.63, 3.8) is 0 Å². The Kier molecular flexibility index (Phi) is 4.66. The molecule has 1 aliphatic heterocycles. The summed E-state index contributed by atoms with van der Waals surface area (Å²) in [5.74, 6) is 1.04. The van der Waals surface area contributed by atoms with Crippen molar-refractivity contribution in [3.8, 4) is 0 Å². The largest absolute Gasteiger partial charge is 0.354 e. The Labute approximate surface area is 155 Å². The van der Waals surface area contributed by atoms with Gasteiger partial charge in [-0.05, 0) is 31.2 Å². The zero-order chi connectivity index (χ0) is 18.3. The van der Waals surface area contributed by atoms with Crippen molar-refractivity contribution in [2.24, 2.45) is 5.92 Å². The topological polar surface area (TPSA) is 105 Å². The highest BCUT2D eigenvalue weighted by molar-refractivity contribution is 8.00. The number of hydrogen-bond donors (Lipinski definition) is 1. The summed E-state index contributed by atoms with van der Waals surface area (Å²) < 4.78 is 32.6. The summed E-state index contributed by atoms with van der Waals surface area (Å²) >= 11 is 1.44. The number of hydrogen-bond acceptors (Lipinski definition) is 7. The van der Waals surface area contributed by atoms with E-state index in [4.69, 9.17) is 4.52 Å². The molecule has 0 aromatic carbocycles. The molecule has 2 aromatic heterocycles. The number of aryl methyl sites for hydroxylation is 1. The molecule has 8 nitrogen and oxygen atoms in total. The van der Waals surface area contributed by atoms with Gasteiger partial charge in [0.05, 0.1) is 23.2 Å². The third-order valence-electron chi connectivity index (χ3n) is 4.73. The van der Waals surface area contributed by atoms with Gasteiger partial charge in [0.1, 0.15) is 10.9 Å². The monoisotopic (exact) mass is 396 g/mol.